The lowest BCUT2D eigenvalue weighted by Gasteiger charge is -2.05. The Morgan fingerprint density at radius 1 is 1.70 bits per heavy atom. The molecule has 0 aliphatic rings. The van der Waals surface area contributed by atoms with Gasteiger partial charge in [-0.2, -0.15) is 4.39 Å². The van der Waals surface area contributed by atoms with Crippen molar-refractivity contribution in [2.24, 2.45) is 0 Å². The minimum atomic E-state index is -1.51. The van der Waals surface area contributed by atoms with Crippen LogP contribution in [0.2, 0.25) is 0 Å². The van der Waals surface area contributed by atoms with E-state index in [2.05, 4.69) is 0 Å². The van der Waals surface area contributed by atoms with Gasteiger partial charge in [0.2, 0.25) is 0 Å². The summed E-state index contributed by atoms with van der Waals surface area (Å²) in [6, 6.07) is -2.17. The van der Waals surface area contributed by atoms with Gasteiger partial charge in [-0.3, -0.25) is 4.79 Å². The summed E-state index contributed by atoms with van der Waals surface area (Å²) in [4.78, 5) is 19.6. The van der Waals surface area contributed by atoms with E-state index >= 15 is 0 Å². The van der Waals surface area contributed by atoms with E-state index in [0.717, 1.165) is 0 Å². The molecule has 4 nitrogen and oxygen atoms in total. The van der Waals surface area contributed by atoms with E-state index in [0.29, 0.717) is 0 Å². The monoisotopic (exact) mass is 149 g/mol. The molecular formula is C5H8FNO3. The molecule has 0 aromatic carbocycles. The quantitative estimate of drug-likeness (QED) is 0.575. The molecule has 0 saturated heterocycles. The zero-order chi connectivity index (χ0) is 8.15. The molecule has 0 aliphatic heterocycles. The van der Waals surface area contributed by atoms with Gasteiger partial charge in [-0.25, -0.2) is 4.79 Å². The predicted octanol–water partition coefficient (Wildman–Crippen LogP) is 0.529. The molecule has 0 aromatic rings. The van der Waals surface area contributed by atoms with E-state index in [1.807, 2.05) is 5.32 Å². The molecule has 1 amide bonds. The summed E-state index contributed by atoms with van der Waals surface area (Å²) >= 11 is 0. The van der Waals surface area contributed by atoms with Crippen LogP contribution in [0, 0.1) is 0 Å². The van der Waals surface area contributed by atoms with Crippen LogP contribution in [0.5, 0.6) is 0 Å². The fraction of sp³-hybridized carbons (Fsp3) is 0.600. The Labute approximate surface area is 57.0 Å². The smallest absolute Gasteiger partial charge is 0.404 e. The van der Waals surface area contributed by atoms with E-state index in [-0.39, 0.29) is 0 Å². The lowest BCUT2D eigenvalue weighted by molar-refractivity contribution is -0.129. The second-order valence-corrected chi connectivity index (χ2v) is 1.91. The topological polar surface area (TPSA) is 66.4 Å². The van der Waals surface area contributed by atoms with Crippen molar-refractivity contribution in [2.75, 3.05) is 0 Å². The number of hydrogen-bond acceptors (Lipinski definition) is 2. The first-order valence-electron chi connectivity index (χ1n) is 2.70. The number of amides is 1. The fourth-order valence-corrected chi connectivity index (χ4v) is 0.503. The summed E-state index contributed by atoms with van der Waals surface area (Å²) in [6.07, 6.45) is -1.67. The Morgan fingerprint density at radius 2 is 2.20 bits per heavy atom. The summed E-state index contributed by atoms with van der Waals surface area (Å²) in [6.45, 7) is 1.41. The van der Waals surface area contributed by atoms with Crippen molar-refractivity contribution in [1.82, 2.24) is 5.32 Å². The number of carboxylic acid groups (broad SMARTS) is 1. The van der Waals surface area contributed by atoms with Crippen molar-refractivity contribution in [3.8, 4) is 0 Å². The van der Waals surface area contributed by atoms with Crippen molar-refractivity contribution < 1.29 is 19.1 Å². The molecule has 0 aliphatic carbocycles. The molecule has 0 rings (SSSR count). The summed E-state index contributed by atoms with van der Waals surface area (Å²) in [5.74, 6) is 0. The first kappa shape index (κ1) is 8.87. The molecule has 0 aromatic heterocycles. The second kappa shape index (κ2) is 3.81. The van der Waals surface area contributed by atoms with Crippen molar-refractivity contribution >= 4 is 12.1 Å². The third-order valence-electron chi connectivity index (χ3n) is 0.837. The average Bonchev–Trinajstić information content (AvgIpc) is 1.58. The van der Waals surface area contributed by atoms with Gasteiger partial charge >= 0.3 is 12.1 Å². The van der Waals surface area contributed by atoms with Gasteiger partial charge in [-0.1, -0.05) is 0 Å². The number of carbonyl (C=O) groups excluding carboxylic acids is 1. The number of nitrogens with one attached hydrogen (secondary N) is 1. The van der Waals surface area contributed by atoms with Gasteiger partial charge in [0.1, 0.15) is 0 Å². The molecule has 58 valence electrons. The van der Waals surface area contributed by atoms with Gasteiger partial charge in [0.15, 0.2) is 0 Å². The first-order valence-corrected chi connectivity index (χ1v) is 2.70. The minimum absolute atomic E-state index is 0.410. The Hall–Kier alpha value is -1.13. The molecule has 0 heterocycles. The number of halogens is 1. The van der Waals surface area contributed by atoms with Crippen LogP contribution in [0.15, 0.2) is 0 Å². The molecule has 0 spiro atoms. The van der Waals surface area contributed by atoms with E-state index < -0.39 is 24.6 Å². The number of carbonyl (C=O) groups is 2. The van der Waals surface area contributed by atoms with Crippen LogP contribution in [0.1, 0.15) is 13.3 Å². The van der Waals surface area contributed by atoms with Crippen molar-refractivity contribution in [1.29, 1.82) is 0 Å². The SMILES string of the molecule is CC(CC(=O)F)NC(=O)O. The van der Waals surface area contributed by atoms with E-state index in [1.165, 1.54) is 6.92 Å². The molecule has 0 fully saturated rings. The summed E-state index contributed by atoms with van der Waals surface area (Å²) < 4.78 is 11.5. The highest BCUT2D eigenvalue weighted by molar-refractivity contribution is 5.70. The Morgan fingerprint density at radius 3 is 2.50 bits per heavy atom. The van der Waals surface area contributed by atoms with Gasteiger partial charge in [0.25, 0.3) is 0 Å². The largest absolute Gasteiger partial charge is 0.465 e. The lowest BCUT2D eigenvalue weighted by atomic mass is 10.2. The van der Waals surface area contributed by atoms with Crippen LogP contribution in [0.3, 0.4) is 0 Å². The van der Waals surface area contributed by atoms with E-state index in [1.54, 1.807) is 0 Å². The third kappa shape index (κ3) is 5.02. The molecular weight excluding hydrogens is 141 g/mol. The van der Waals surface area contributed by atoms with Gasteiger partial charge in [-0.05, 0) is 6.92 Å². The second-order valence-electron chi connectivity index (χ2n) is 1.91. The standard InChI is InChI=1S/C5H8FNO3/c1-3(2-4(6)8)7-5(9)10/h3,7H,2H2,1H3,(H,9,10). The zero-order valence-corrected chi connectivity index (χ0v) is 5.43. The van der Waals surface area contributed by atoms with Crippen LogP contribution in [-0.4, -0.2) is 23.3 Å². The molecule has 0 bridgehead atoms. The Kier molecular flexibility index (Phi) is 3.38. The highest BCUT2D eigenvalue weighted by atomic mass is 19.1. The van der Waals surface area contributed by atoms with Gasteiger partial charge in [-0.15, -0.1) is 0 Å². The van der Waals surface area contributed by atoms with Gasteiger partial charge in [0, 0.05) is 6.04 Å². The number of rotatable bonds is 3. The third-order valence-corrected chi connectivity index (χ3v) is 0.837. The maximum absolute atomic E-state index is 11.5. The predicted molar refractivity (Wildman–Crippen MR) is 31.4 cm³/mol. The normalized spacial score (nSPS) is 12.2. The van der Waals surface area contributed by atoms with Crippen LogP contribution >= 0.6 is 0 Å². The molecule has 1 atom stereocenters. The van der Waals surface area contributed by atoms with Crippen molar-refractivity contribution in [2.45, 2.75) is 19.4 Å². The van der Waals surface area contributed by atoms with Gasteiger partial charge in [0.05, 0.1) is 6.42 Å². The number of hydrogen-bond donors (Lipinski definition) is 2. The molecule has 0 saturated carbocycles. The van der Waals surface area contributed by atoms with Crippen LogP contribution < -0.4 is 5.32 Å². The van der Waals surface area contributed by atoms with Crippen LogP contribution in [0.4, 0.5) is 9.18 Å². The molecule has 10 heavy (non-hydrogen) atoms. The van der Waals surface area contributed by atoms with E-state index in [9.17, 15) is 14.0 Å². The molecule has 2 N–H and O–H groups in total. The maximum Gasteiger partial charge on any atom is 0.404 e. The first-order chi connectivity index (χ1) is 4.52. The zero-order valence-electron chi connectivity index (χ0n) is 5.43. The van der Waals surface area contributed by atoms with Gasteiger partial charge < -0.3 is 10.4 Å². The Bertz CT molecular complexity index is 132. The highest BCUT2D eigenvalue weighted by Gasteiger charge is 2.09. The molecule has 0 radical (unpaired) electrons. The Balaban J connectivity index is 3.53. The maximum atomic E-state index is 11.5. The summed E-state index contributed by atoms with van der Waals surface area (Å²) in [5.41, 5.74) is 0. The van der Waals surface area contributed by atoms with E-state index in [4.69, 9.17) is 5.11 Å². The molecule has 5 heteroatoms. The van der Waals surface area contributed by atoms with Crippen molar-refractivity contribution in [3.63, 3.8) is 0 Å². The molecule has 1 unspecified atom stereocenters. The highest BCUT2D eigenvalue weighted by Crippen LogP contribution is 1.91. The fourth-order valence-electron chi connectivity index (χ4n) is 0.503. The lowest BCUT2D eigenvalue weighted by Crippen LogP contribution is -2.32. The minimum Gasteiger partial charge on any atom is -0.465 e. The van der Waals surface area contributed by atoms with Crippen LogP contribution in [0.25, 0.3) is 0 Å². The van der Waals surface area contributed by atoms with Crippen molar-refractivity contribution in [3.05, 3.63) is 0 Å². The van der Waals surface area contributed by atoms with Crippen LogP contribution in [-0.2, 0) is 4.79 Å². The summed E-state index contributed by atoms with van der Waals surface area (Å²) in [7, 11) is 0. The summed E-state index contributed by atoms with van der Waals surface area (Å²) in [5, 5.41) is 9.98. The average molecular weight is 149 g/mol.